The molecule has 6 nitrogen and oxygen atoms in total. The van der Waals surface area contributed by atoms with Gasteiger partial charge in [-0.1, -0.05) is 30.3 Å². The molecule has 2 heterocycles. The van der Waals surface area contributed by atoms with Gasteiger partial charge in [-0.3, -0.25) is 4.79 Å². The summed E-state index contributed by atoms with van der Waals surface area (Å²) in [5.41, 5.74) is 1.01. The first-order valence-electron chi connectivity index (χ1n) is 8.34. The average Bonchev–Trinajstić information content (AvgIpc) is 3.13. The zero-order valence-electron chi connectivity index (χ0n) is 13.9. The van der Waals surface area contributed by atoms with Crippen LogP contribution in [0.2, 0.25) is 0 Å². The molecule has 0 radical (unpaired) electrons. The number of benzene rings is 1. The van der Waals surface area contributed by atoms with Crippen molar-refractivity contribution in [3.05, 3.63) is 42.4 Å². The van der Waals surface area contributed by atoms with E-state index >= 15 is 0 Å². The van der Waals surface area contributed by atoms with Gasteiger partial charge in [-0.05, 0) is 6.92 Å². The van der Waals surface area contributed by atoms with Gasteiger partial charge < -0.3 is 19.4 Å². The normalized spacial score (nSPS) is 16.1. The molecule has 0 aliphatic carbocycles. The van der Waals surface area contributed by atoms with Crippen molar-refractivity contribution in [2.24, 2.45) is 0 Å². The lowest BCUT2D eigenvalue weighted by Gasteiger charge is -2.27. The minimum Gasteiger partial charge on any atom is -0.439 e. The Kier molecular flexibility index (Phi) is 5.61. The standard InChI is InChI=1S/C18H23N3O3/c1-14(19-8-7-17(22)21-9-11-23-12-10-21)18-20-13-16(24-18)15-5-3-2-4-6-15/h2-6,13-14,19H,7-12H2,1H3. The van der Waals surface area contributed by atoms with Crippen molar-refractivity contribution in [1.82, 2.24) is 15.2 Å². The second-order valence-electron chi connectivity index (χ2n) is 5.85. The number of oxazole rings is 1. The molecule has 1 unspecified atom stereocenters. The third-order valence-corrected chi connectivity index (χ3v) is 4.11. The summed E-state index contributed by atoms with van der Waals surface area (Å²) in [6.07, 6.45) is 2.21. The van der Waals surface area contributed by atoms with Crippen molar-refractivity contribution in [1.29, 1.82) is 0 Å². The number of amides is 1. The largest absolute Gasteiger partial charge is 0.439 e. The Hall–Kier alpha value is -2.18. The van der Waals surface area contributed by atoms with Crippen LogP contribution in [0.15, 0.2) is 40.9 Å². The Morgan fingerprint density at radius 2 is 2.04 bits per heavy atom. The fraction of sp³-hybridized carbons (Fsp3) is 0.444. The molecule has 1 aliphatic heterocycles. The lowest BCUT2D eigenvalue weighted by Crippen LogP contribution is -2.41. The molecule has 0 spiro atoms. The van der Waals surface area contributed by atoms with Crippen molar-refractivity contribution in [2.75, 3.05) is 32.8 Å². The van der Waals surface area contributed by atoms with Crippen molar-refractivity contribution in [3.63, 3.8) is 0 Å². The summed E-state index contributed by atoms with van der Waals surface area (Å²) in [7, 11) is 0. The zero-order valence-corrected chi connectivity index (χ0v) is 13.9. The van der Waals surface area contributed by atoms with Crippen LogP contribution in [0.25, 0.3) is 11.3 Å². The molecule has 1 fully saturated rings. The van der Waals surface area contributed by atoms with E-state index in [1.54, 1.807) is 6.20 Å². The van der Waals surface area contributed by atoms with Gasteiger partial charge in [0.1, 0.15) is 0 Å². The van der Waals surface area contributed by atoms with Gasteiger partial charge >= 0.3 is 0 Å². The van der Waals surface area contributed by atoms with Crippen LogP contribution in [0.4, 0.5) is 0 Å². The van der Waals surface area contributed by atoms with E-state index < -0.39 is 0 Å². The van der Waals surface area contributed by atoms with Gasteiger partial charge in [-0.2, -0.15) is 0 Å². The van der Waals surface area contributed by atoms with E-state index in [0.717, 1.165) is 11.3 Å². The maximum Gasteiger partial charge on any atom is 0.224 e. The molecule has 1 atom stereocenters. The van der Waals surface area contributed by atoms with E-state index in [2.05, 4.69) is 10.3 Å². The number of morpholine rings is 1. The molecule has 0 saturated carbocycles. The second-order valence-corrected chi connectivity index (χ2v) is 5.85. The number of carbonyl (C=O) groups excluding carboxylic acids is 1. The maximum atomic E-state index is 12.1. The molecule has 1 amide bonds. The van der Waals surface area contributed by atoms with Crippen LogP contribution in [-0.4, -0.2) is 48.6 Å². The van der Waals surface area contributed by atoms with E-state index in [0.29, 0.717) is 45.2 Å². The predicted octanol–water partition coefficient (Wildman–Crippen LogP) is 2.24. The molecular weight excluding hydrogens is 306 g/mol. The van der Waals surface area contributed by atoms with Crippen LogP contribution >= 0.6 is 0 Å². The van der Waals surface area contributed by atoms with Crippen LogP contribution in [0.3, 0.4) is 0 Å². The lowest BCUT2D eigenvalue weighted by molar-refractivity contribution is -0.135. The molecule has 3 rings (SSSR count). The number of rotatable bonds is 6. The highest BCUT2D eigenvalue weighted by atomic mass is 16.5. The van der Waals surface area contributed by atoms with Gasteiger partial charge in [-0.25, -0.2) is 4.98 Å². The average molecular weight is 329 g/mol. The van der Waals surface area contributed by atoms with E-state index in [9.17, 15) is 4.79 Å². The minimum absolute atomic E-state index is 0.0417. The number of aromatic nitrogens is 1. The van der Waals surface area contributed by atoms with Gasteiger partial charge in [0.25, 0.3) is 0 Å². The molecule has 1 aromatic heterocycles. The van der Waals surface area contributed by atoms with Crippen LogP contribution in [0.5, 0.6) is 0 Å². The van der Waals surface area contributed by atoms with Crippen LogP contribution in [-0.2, 0) is 9.53 Å². The Morgan fingerprint density at radius 1 is 1.29 bits per heavy atom. The van der Waals surface area contributed by atoms with E-state index in [-0.39, 0.29) is 11.9 Å². The highest BCUT2D eigenvalue weighted by Gasteiger charge is 2.17. The quantitative estimate of drug-likeness (QED) is 0.880. The Morgan fingerprint density at radius 3 is 2.79 bits per heavy atom. The predicted molar refractivity (Wildman–Crippen MR) is 90.4 cm³/mol. The van der Waals surface area contributed by atoms with E-state index in [1.165, 1.54) is 0 Å². The zero-order chi connectivity index (χ0) is 16.8. The molecule has 1 saturated heterocycles. The number of carbonyl (C=O) groups is 1. The van der Waals surface area contributed by atoms with Crippen LogP contribution in [0, 0.1) is 0 Å². The number of nitrogens with one attached hydrogen (secondary N) is 1. The molecule has 6 heteroatoms. The molecule has 24 heavy (non-hydrogen) atoms. The Bertz CT molecular complexity index is 651. The first kappa shape index (κ1) is 16.7. The summed E-state index contributed by atoms with van der Waals surface area (Å²) in [5, 5.41) is 3.30. The molecule has 128 valence electrons. The van der Waals surface area contributed by atoms with Crippen molar-refractivity contribution >= 4 is 5.91 Å². The summed E-state index contributed by atoms with van der Waals surface area (Å²) >= 11 is 0. The summed E-state index contributed by atoms with van der Waals surface area (Å²) in [6, 6.07) is 9.84. The second kappa shape index (κ2) is 8.08. The Balaban J connectivity index is 1.48. The SMILES string of the molecule is CC(NCCC(=O)N1CCOCC1)c1ncc(-c2ccccc2)o1. The number of ether oxygens (including phenoxy) is 1. The number of hydrogen-bond donors (Lipinski definition) is 1. The first-order chi connectivity index (χ1) is 11.7. The van der Waals surface area contributed by atoms with Gasteiger partial charge in [0.05, 0.1) is 25.5 Å². The molecule has 0 bridgehead atoms. The molecule has 1 aliphatic rings. The molecule has 1 N–H and O–H groups in total. The summed E-state index contributed by atoms with van der Waals surface area (Å²) in [5.74, 6) is 1.55. The smallest absolute Gasteiger partial charge is 0.224 e. The van der Waals surface area contributed by atoms with E-state index in [4.69, 9.17) is 9.15 Å². The number of nitrogens with zero attached hydrogens (tertiary/aromatic N) is 2. The monoisotopic (exact) mass is 329 g/mol. The van der Waals surface area contributed by atoms with Gasteiger partial charge in [0.2, 0.25) is 11.8 Å². The van der Waals surface area contributed by atoms with Crippen LogP contribution < -0.4 is 5.32 Å². The van der Waals surface area contributed by atoms with Crippen molar-refractivity contribution < 1.29 is 13.9 Å². The summed E-state index contributed by atoms with van der Waals surface area (Å²) in [4.78, 5) is 18.3. The highest BCUT2D eigenvalue weighted by Crippen LogP contribution is 2.22. The lowest BCUT2D eigenvalue weighted by atomic mass is 10.2. The van der Waals surface area contributed by atoms with Crippen molar-refractivity contribution in [3.8, 4) is 11.3 Å². The van der Waals surface area contributed by atoms with Gasteiger partial charge in [0.15, 0.2) is 5.76 Å². The first-order valence-corrected chi connectivity index (χ1v) is 8.34. The summed E-state index contributed by atoms with van der Waals surface area (Å²) < 4.78 is 11.1. The summed E-state index contributed by atoms with van der Waals surface area (Å²) in [6.45, 7) is 5.23. The maximum absolute atomic E-state index is 12.1. The minimum atomic E-state index is -0.0417. The highest BCUT2D eigenvalue weighted by molar-refractivity contribution is 5.76. The molecule has 2 aromatic rings. The Labute approximate surface area is 141 Å². The fourth-order valence-electron chi connectivity index (χ4n) is 2.68. The molecular formula is C18H23N3O3. The third kappa shape index (κ3) is 4.21. The molecule has 1 aromatic carbocycles. The van der Waals surface area contributed by atoms with Gasteiger partial charge in [-0.15, -0.1) is 0 Å². The topological polar surface area (TPSA) is 67.6 Å². The number of hydrogen-bond acceptors (Lipinski definition) is 5. The van der Waals surface area contributed by atoms with E-state index in [1.807, 2.05) is 42.2 Å². The van der Waals surface area contributed by atoms with Crippen molar-refractivity contribution in [2.45, 2.75) is 19.4 Å². The fourth-order valence-corrected chi connectivity index (χ4v) is 2.68. The van der Waals surface area contributed by atoms with Crippen LogP contribution in [0.1, 0.15) is 25.3 Å². The third-order valence-electron chi connectivity index (χ3n) is 4.11. The van der Waals surface area contributed by atoms with Gasteiger partial charge in [0, 0.05) is 31.6 Å².